The molecule has 4 rings (SSSR count). The second-order valence-electron chi connectivity index (χ2n) is 4.87. The van der Waals surface area contributed by atoms with Gasteiger partial charge in [0.05, 0.1) is 16.3 Å². The molecule has 0 saturated heterocycles. The molecule has 0 aliphatic heterocycles. The zero-order valence-electron chi connectivity index (χ0n) is 12.2. The molecule has 0 bridgehead atoms. The van der Waals surface area contributed by atoms with E-state index < -0.39 is 10.8 Å². The first kappa shape index (κ1) is 15.8. The predicted octanol–water partition coefficient (Wildman–Crippen LogP) is 4.43. The molecule has 1 atom stereocenters. The minimum atomic E-state index is -1.13. The molecule has 0 N–H and O–H groups in total. The van der Waals surface area contributed by atoms with Gasteiger partial charge >= 0.3 is 0 Å². The molecule has 4 heterocycles. The lowest BCUT2D eigenvalue weighted by atomic mass is 10.4. The first-order chi connectivity index (χ1) is 11.8. The van der Waals surface area contributed by atoms with Gasteiger partial charge in [-0.1, -0.05) is 11.2 Å². The Bertz CT molecular complexity index is 865. The van der Waals surface area contributed by atoms with E-state index >= 15 is 0 Å². The molecular formula is C15H11N3O2S4. The van der Waals surface area contributed by atoms with Gasteiger partial charge in [0, 0.05) is 27.1 Å². The predicted molar refractivity (Wildman–Crippen MR) is 98.6 cm³/mol. The monoisotopic (exact) mass is 393 g/mol. The van der Waals surface area contributed by atoms with E-state index in [1.54, 1.807) is 34.0 Å². The molecule has 1 unspecified atom stereocenters. The highest BCUT2D eigenvalue weighted by Crippen LogP contribution is 2.26. The van der Waals surface area contributed by atoms with Gasteiger partial charge in [-0.15, -0.1) is 22.7 Å². The fourth-order valence-electron chi connectivity index (χ4n) is 2.07. The van der Waals surface area contributed by atoms with Gasteiger partial charge in [0.2, 0.25) is 11.7 Å². The zero-order valence-corrected chi connectivity index (χ0v) is 15.5. The van der Waals surface area contributed by atoms with Crippen LogP contribution in [0.5, 0.6) is 0 Å². The molecule has 5 nitrogen and oxygen atoms in total. The highest BCUT2D eigenvalue weighted by Gasteiger charge is 2.14. The van der Waals surface area contributed by atoms with Gasteiger partial charge in [-0.05, 0) is 22.9 Å². The van der Waals surface area contributed by atoms with Gasteiger partial charge < -0.3 is 4.52 Å². The average Bonchev–Trinajstić information content (AvgIpc) is 3.35. The zero-order chi connectivity index (χ0) is 16.4. The number of hydrogen-bond acceptors (Lipinski definition) is 8. The molecule has 122 valence electrons. The minimum Gasteiger partial charge on any atom is -0.338 e. The molecule has 0 radical (unpaired) electrons. The quantitative estimate of drug-likeness (QED) is 0.485. The van der Waals surface area contributed by atoms with E-state index in [2.05, 4.69) is 20.5 Å². The van der Waals surface area contributed by atoms with Crippen molar-refractivity contribution in [2.45, 2.75) is 11.5 Å². The summed E-state index contributed by atoms with van der Waals surface area (Å²) in [6, 6.07) is 5.90. The molecule has 0 fully saturated rings. The second kappa shape index (κ2) is 7.06. The maximum absolute atomic E-state index is 12.3. The van der Waals surface area contributed by atoms with Crippen molar-refractivity contribution >= 4 is 44.8 Å². The van der Waals surface area contributed by atoms with Crippen LogP contribution in [0.2, 0.25) is 0 Å². The number of aromatic nitrogens is 3. The third-order valence-electron chi connectivity index (χ3n) is 3.12. The number of hydrogen-bond donors (Lipinski definition) is 0. The summed E-state index contributed by atoms with van der Waals surface area (Å²) in [6.07, 6.45) is 0. The van der Waals surface area contributed by atoms with Crippen molar-refractivity contribution < 1.29 is 8.73 Å². The molecule has 4 aromatic heterocycles. The molecule has 0 amide bonds. The van der Waals surface area contributed by atoms with Crippen LogP contribution in [0.15, 0.2) is 44.2 Å². The Labute approximate surface area is 152 Å². The molecule has 0 aliphatic carbocycles. The Morgan fingerprint density at radius 1 is 1.08 bits per heavy atom. The Morgan fingerprint density at radius 3 is 2.83 bits per heavy atom. The summed E-state index contributed by atoms with van der Waals surface area (Å²) in [5, 5.41) is 12.9. The van der Waals surface area contributed by atoms with Crippen LogP contribution < -0.4 is 0 Å². The molecule has 0 aromatic carbocycles. The van der Waals surface area contributed by atoms with Crippen LogP contribution in [-0.4, -0.2) is 19.3 Å². The molecule has 24 heavy (non-hydrogen) atoms. The lowest BCUT2D eigenvalue weighted by Gasteiger charge is -1.95. The van der Waals surface area contributed by atoms with Crippen molar-refractivity contribution in [3.63, 3.8) is 0 Å². The number of thiophene rings is 2. The summed E-state index contributed by atoms with van der Waals surface area (Å²) in [5.41, 5.74) is 1.94. The summed E-state index contributed by atoms with van der Waals surface area (Å²) >= 11 is 4.75. The lowest BCUT2D eigenvalue weighted by molar-refractivity contribution is 0.391. The summed E-state index contributed by atoms with van der Waals surface area (Å²) in [6.45, 7) is 0. The maximum Gasteiger partial charge on any atom is 0.239 e. The summed E-state index contributed by atoms with van der Waals surface area (Å²) < 4.78 is 17.5. The number of thiazole rings is 1. The SMILES string of the molecule is O=S(Cc1csc(-c2ccsc2)n1)Cc1nc(-c2cccs2)no1. The topological polar surface area (TPSA) is 68.9 Å². The van der Waals surface area contributed by atoms with E-state index in [-0.39, 0.29) is 5.75 Å². The first-order valence-electron chi connectivity index (χ1n) is 6.96. The van der Waals surface area contributed by atoms with Crippen molar-refractivity contribution in [2.75, 3.05) is 0 Å². The van der Waals surface area contributed by atoms with Crippen LogP contribution in [0.3, 0.4) is 0 Å². The summed E-state index contributed by atoms with van der Waals surface area (Å²) in [4.78, 5) is 9.79. The number of rotatable bonds is 6. The Kier molecular flexibility index (Phi) is 4.65. The van der Waals surface area contributed by atoms with Crippen molar-refractivity contribution in [2.24, 2.45) is 0 Å². The Hall–Kier alpha value is -1.68. The van der Waals surface area contributed by atoms with Gasteiger partial charge in [0.25, 0.3) is 0 Å². The number of nitrogens with zero attached hydrogens (tertiary/aromatic N) is 3. The van der Waals surface area contributed by atoms with Gasteiger partial charge in [0.1, 0.15) is 10.8 Å². The first-order valence-corrected chi connectivity index (χ1v) is 11.2. The van der Waals surface area contributed by atoms with Crippen LogP contribution >= 0.6 is 34.0 Å². The molecule has 4 aromatic rings. The second-order valence-corrected chi connectivity index (χ2v) is 8.92. The van der Waals surface area contributed by atoms with Crippen molar-refractivity contribution in [3.8, 4) is 21.3 Å². The van der Waals surface area contributed by atoms with Crippen LogP contribution in [0.25, 0.3) is 21.3 Å². The fraction of sp³-hybridized carbons (Fsp3) is 0.133. The van der Waals surface area contributed by atoms with Crippen LogP contribution in [0.4, 0.5) is 0 Å². The van der Waals surface area contributed by atoms with E-state index in [0.29, 0.717) is 17.5 Å². The fourth-order valence-corrected chi connectivity index (χ4v) is 5.32. The van der Waals surface area contributed by atoms with E-state index in [9.17, 15) is 4.21 Å². The average molecular weight is 394 g/mol. The van der Waals surface area contributed by atoms with Crippen LogP contribution in [-0.2, 0) is 22.3 Å². The van der Waals surface area contributed by atoms with Crippen LogP contribution in [0, 0.1) is 0 Å². The van der Waals surface area contributed by atoms with Crippen LogP contribution in [0.1, 0.15) is 11.6 Å². The molecule has 0 spiro atoms. The summed E-state index contributed by atoms with van der Waals surface area (Å²) in [7, 11) is -1.13. The van der Waals surface area contributed by atoms with Gasteiger partial charge in [-0.25, -0.2) is 4.98 Å². The third kappa shape index (κ3) is 3.54. The van der Waals surface area contributed by atoms with E-state index in [1.807, 2.05) is 34.3 Å². The van der Waals surface area contributed by atoms with Crippen molar-refractivity contribution in [1.29, 1.82) is 0 Å². The minimum absolute atomic E-state index is 0.240. The highest BCUT2D eigenvalue weighted by molar-refractivity contribution is 7.83. The molecule has 0 aliphatic rings. The van der Waals surface area contributed by atoms with E-state index in [0.717, 1.165) is 21.1 Å². The lowest BCUT2D eigenvalue weighted by Crippen LogP contribution is -2.00. The molecule has 0 saturated carbocycles. The van der Waals surface area contributed by atoms with Crippen molar-refractivity contribution in [1.82, 2.24) is 15.1 Å². The van der Waals surface area contributed by atoms with Gasteiger partial charge in [-0.2, -0.15) is 16.3 Å². The van der Waals surface area contributed by atoms with E-state index in [1.165, 1.54) is 0 Å². The summed E-state index contributed by atoms with van der Waals surface area (Å²) in [5.74, 6) is 1.57. The van der Waals surface area contributed by atoms with Gasteiger partial charge in [-0.3, -0.25) is 4.21 Å². The maximum atomic E-state index is 12.3. The standard InChI is InChI=1S/C15H11N3O2S4/c19-24(8-11-7-23-15(16-11)10-3-5-21-6-10)9-13-17-14(18-20-13)12-2-1-4-22-12/h1-7H,8-9H2. The van der Waals surface area contributed by atoms with E-state index in [4.69, 9.17) is 4.52 Å². The largest absolute Gasteiger partial charge is 0.338 e. The Balaban J connectivity index is 1.40. The smallest absolute Gasteiger partial charge is 0.239 e. The normalized spacial score (nSPS) is 12.5. The molecule has 9 heteroatoms. The Morgan fingerprint density at radius 2 is 2.04 bits per heavy atom. The van der Waals surface area contributed by atoms with Gasteiger partial charge in [0.15, 0.2) is 0 Å². The third-order valence-corrected chi connectivity index (χ3v) is 6.80. The van der Waals surface area contributed by atoms with Crippen molar-refractivity contribution in [3.05, 3.63) is 51.3 Å². The molecular weight excluding hydrogens is 382 g/mol. The highest BCUT2D eigenvalue weighted by atomic mass is 32.2.